The lowest BCUT2D eigenvalue weighted by molar-refractivity contribution is -0.116. The molecule has 10 heteroatoms. The quantitative estimate of drug-likeness (QED) is 0.392. The lowest BCUT2D eigenvalue weighted by atomic mass is 10.0. The molecule has 2 aliphatic rings. The Morgan fingerprint density at radius 1 is 1.17 bits per heavy atom. The Morgan fingerprint density at radius 3 is 2.78 bits per heavy atom. The second kappa shape index (κ2) is 11.7. The zero-order chi connectivity index (χ0) is 25.7. The summed E-state index contributed by atoms with van der Waals surface area (Å²) in [5.74, 6) is -1.12. The maximum absolute atomic E-state index is 12.7. The molecule has 2 atom stereocenters. The van der Waals surface area contributed by atoms with E-state index in [-0.39, 0.29) is 17.4 Å². The van der Waals surface area contributed by atoms with Crippen LogP contribution in [0.3, 0.4) is 0 Å². The van der Waals surface area contributed by atoms with Gasteiger partial charge in [0.2, 0.25) is 5.91 Å². The lowest BCUT2D eigenvalue weighted by Gasteiger charge is -2.33. The van der Waals surface area contributed by atoms with Gasteiger partial charge in [0, 0.05) is 29.2 Å². The van der Waals surface area contributed by atoms with Crippen molar-refractivity contribution in [3.8, 4) is 0 Å². The van der Waals surface area contributed by atoms with Crippen molar-refractivity contribution < 1.29 is 18.0 Å². The van der Waals surface area contributed by atoms with Gasteiger partial charge in [-0.05, 0) is 68.6 Å². The Morgan fingerprint density at radius 2 is 2.00 bits per heavy atom. The Bertz CT molecular complexity index is 1220. The molecule has 4 rings (SSSR count). The van der Waals surface area contributed by atoms with Crippen molar-refractivity contribution in [1.82, 2.24) is 10.2 Å². The van der Waals surface area contributed by atoms with Crippen LogP contribution in [0.4, 0.5) is 11.4 Å². The van der Waals surface area contributed by atoms with E-state index in [1.165, 1.54) is 19.3 Å². The van der Waals surface area contributed by atoms with Gasteiger partial charge in [-0.15, -0.1) is 0 Å². The summed E-state index contributed by atoms with van der Waals surface area (Å²) in [7, 11) is -3.54. The summed E-state index contributed by atoms with van der Waals surface area (Å²) in [5, 5.41) is 8.73. The largest absolute Gasteiger partial charge is 0.371 e. The van der Waals surface area contributed by atoms with Gasteiger partial charge in [-0.1, -0.05) is 34.5 Å². The molecule has 194 valence electrons. The monoisotopic (exact) mass is 576 g/mol. The van der Waals surface area contributed by atoms with Crippen LogP contribution in [0.25, 0.3) is 0 Å². The highest BCUT2D eigenvalue weighted by Crippen LogP contribution is 2.28. The summed E-state index contributed by atoms with van der Waals surface area (Å²) >= 11 is 3.35. The molecule has 0 unspecified atom stereocenters. The summed E-state index contributed by atoms with van der Waals surface area (Å²) in [6.45, 7) is 4.94. The molecule has 3 N–H and O–H groups in total. The molecule has 0 bridgehead atoms. The molecule has 0 radical (unpaired) electrons. The van der Waals surface area contributed by atoms with Crippen LogP contribution in [0.1, 0.15) is 48.5 Å². The van der Waals surface area contributed by atoms with Gasteiger partial charge in [-0.25, -0.2) is 8.42 Å². The molecule has 2 heterocycles. The molecule has 0 aliphatic carbocycles. The Hall–Kier alpha value is -2.43. The second-order valence-corrected chi connectivity index (χ2v) is 12.6. The average Bonchev–Trinajstić information content (AvgIpc) is 2.82. The number of nitrogens with zero attached hydrogens (tertiary/aromatic N) is 1. The number of rotatable bonds is 9. The number of hydrogen-bond donors (Lipinski definition) is 3. The minimum absolute atomic E-state index is 0.152. The minimum Gasteiger partial charge on any atom is -0.371 e. The summed E-state index contributed by atoms with van der Waals surface area (Å²) in [4.78, 5) is 27.8. The van der Waals surface area contributed by atoms with Crippen molar-refractivity contribution >= 4 is 49.0 Å². The van der Waals surface area contributed by atoms with Crippen molar-refractivity contribution in [2.24, 2.45) is 0 Å². The fourth-order valence-electron chi connectivity index (χ4n) is 4.77. The third kappa shape index (κ3) is 7.08. The van der Waals surface area contributed by atoms with E-state index in [1.807, 2.05) is 6.07 Å². The van der Waals surface area contributed by atoms with Crippen LogP contribution in [-0.4, -0.2) is 62.6 Å². The standard InChI is InChI=1S/C26H33BrN4O4S/c1-18-6-2-3-12-31(18)13-5-11-28-25(32)20-9-10-22-23(15-20)30-26(33)24(29-22)17-36(34,35)16-19-7-4-8-21(27)14-19/h4,7-10,14-15,18,24,29H,2-3,5-6,11-13,16-17H2,1H3,(H,28,32)(H,30,33)/t18-,24-/m1/s1. The van der Waals surface area contributed by atoms with Crippen LogP contribution in [0, 0.1) is 0 Å². The van der Waals surface area contributed by atoms with Gasteiger partial charge < -0.3 is 20.9 Å². The van der Waals surface area contributed by atoms with Gasteiger partial charge in [0.1, 0.15) is 6.04 Å². The van der Waals surface area contributed by atoms with Crippen LogP contribution < -0.4 is 16.0 Å². The smallest absolute Gasteiger partial charge is 0.251 e. The van der Waals surface area contributed by atoms with Gasteiger partial charge in [0.05, 0.1) is 22.9 Å². The SMILES string of the molecule is C[C@@H]1CCCCN1CCCNC(=O)c1ccc2c(c1)NC(=O)[C@@H](CS(=O)(=O)Cc1cccc(Br)c1)N2. The van der Waals surface area contributed by atoms with Crippen LogP contribution >= 0.6 is 15.9 Å². The third-order valence-corrected chi connectivity index (χ3v) is 8.84. The molecular formula is C26H33BrN4O4S. The first kappa shape index (κ1) is 26.6. The third-order valence-electron chi connectivity index (χ3n) is 6.73. The molecule has 0 aromatic heterocycles. The van der Waals surface area contributed by atoms with Crippen molar-refractivity contribution in [1.29, 1.82) is 0 Å². The number of hydrogen-bond acceptors (Lipinski definition) is 6. The summed E-state index contributed by atoms with van der Waals surface area (Å²) in [5.41, 5.74) is 2.16. The van der Waals surface area contributed by atoms with E-state index >= 15 is 0 Å². The number of halogens is 1. The molecule has 36 heavy (non-hydrogen) atoms. The maximum atomic E-state index is 12.7. The number of nitrogens with one attached hydrogen (secondary N) is 3. The van der Waals surface area contributed by atoms with Crippen LogP contribution in [0.15, 0.2) is 46.9 Å². The van der Waals surface area contributed by atoms with Gasteiger partial charge in [-0.3, -0.25) is 9.59 Å². The molecule has 1 saturated heterocycles. The lowest BCUT2D eigenvalue weighted by Crippen LogP contribution is -2.43. The van der Waals surface area contributed by atoms with E-state index in [0.717, 1.165) is 24.0 Å². The normalized spacial score (nSPS) is 20.2. The van der Waals surface area contributed by atoms with Gasteiger partial charge in [0.15, 0.2) is 9.84 Å². The zero-order valence-electron chi connectivity index (χ0n) is 20.4. The first-order valence-corrected chi connectivity index (χ1v) is 15.0. The number of piperidine rings is 1. The Kier molecular flexibility index (Phi) is 8.69. The molecule has 2 aromatic carbocycles. The molecular weight excluding hydrogens is 544 g/mol. The Balaban J connectivity index is 1.30. The number of benzene rings is 2. The predicted molar refractivity (Wildman–Crippen MR) is 146 cm³/mol. The Labute approximate surface area is 221 Å². The molecule has 2 amide bonds. The van der Waals surface area contributed by atoms with Crippen LogP contribution in [0.5, 0.6) is 0 Å². The van der Waals surface area contributed by atoms with Crippen molar-refractivity contribution in [3.05, 3.63) is 58.1 Å². The number of carbonyl (C=O) groups excluding carboxylic acids is 2. The molecule has 0 spiro atoms. The second-order valence-electron chi connectivity index (χ2n) is 9.62. The number of carbonyl (C=O) groups is 2. The van der Waals surface area contributed by atoms with Crippen molar-refractivity contribution in [2.45, 2.75) is 50.4 Å². The first-order valence-electron chi connectivity index (χ1n) is 12.4. The number of fused-ring (bicyclic) bond motifs is 1. The van der Waals surface area contributed by atoms with Crippen LogP contribution in [0.2, 0.25) is 0 Å². The minimum atomic E-state index is -3.54. The first-order chi connectivity index (χ1) is 17.2. The number of anilines is 2. The number of amides is 2. The zero-order valence-corrected chi connectivity index (χ0v) is 22.8. The summed E-state index contributed by atoms with van der Waals surface area (Å²) in [6.07, 6.45) is 4.65. The highest BCUT2D eigenvalue weighted by Gasteiger charge is 2.30. The molecule has 8 nitrogen and oxygen atoms in total. The van der Waals surface area contributed by atoms with Crippen molar-refractivity contribution in [3.63, 3.8) is 0 Å². The van der Waals surface area contributed by atoms with Crippen molar-refractivity contribution in [2.75, 3.05) is 36.0 Å². The van der Waals surface area contributed by atoms with E-state index in [4.69, 9.17) is 0 Å². The van der Waals surface area contributed by atoms with E-state index in [0.29, 0.717) is 35.1 Å². The predicted octanol–water partition coefficient (Wildman–Crippen LogP) is 3.79. The maximum Gasteiger partial charge on any atom is 0.251 e. The fraction of sp³-hybridized carbons (Fsp3) is 0.462. The topological polar surface area (TPSA) is 108 Å². The molecule has 1 fully saturated rings. The van der Waals surface area contributed by atoms with Gasteiger partial charge in [0.25, 0.3) is 5.91 Å². The fourth-order valence-corrected chi connectivity index (χ4v) is 6.77. The molecule has 2 aliphatic heterocycles. The highest BCUT2D eigenvalue weighted by molar-refractivity contribution is 9.10. The van der Waals surface area contributed by atoms with E-state index < -0.39 is 21.8 Å². The number of likely N-dealkylation sites (tertiary alicyclic amines) is 1. The average molecular weight is 578 g/mol. The van der Waals surface area contributed by atoms with Crippen LogP contribution in [-0.2, 0) is 20.4 Å². The summed E-state index contributed by atoms with van der Waals surface area (Å²) in [6, 6.07) is 11.8. The molecule has 0 saturated carbocycles. The highest BCUT2D eigenvalue weighted by atomic mass is 79.9. The summed E-state index contributed by atoms with van der Waals surface area (Å²) < 4.78 is 26.3. The van der Waals surface area contributed by atoms with Gasteiger partial charge in [-0.2, -0.15) is 0 Å². The number of sulfone groups is 1. The molecule has 2 aromatic rings. The van der Waals surface area contributed by atoms with E-state index in [1.54, 1.807) is 36.4 Å². The van der Waals surface area contributed by atoms with E-state index in [9.17, 15) is 18.0 Å². The van der Waals surface area contributed by atoms with Gasteiger partial charge >= 0.3 is 0 Å². The van der Waals surface area contributed by atoms with E-state index in [2.05, 4.69) is 43.7 Å².